The number of carbonyl (C=O) groups is 1. The van der Waals surface area contributed by atoms with Crippen LogP contribution in [-0.4, -0.2) is 67.7 Å². The minimum Gasteiger partial charge on any atom is -0.356 e. The highest BCUT2D eigenvalue weighted by Gasteiger charge is 2.25. The highest BCUT2D eigenvalue weighted by atomic mass is 32.2. The maximum Gasteiger partial charge on any atom is 0.243 e. The number of carbonyl (C=O) groups excluding carboxylic acids is 1. The van der Waals surface area contributed by atoms with Crippen LogP contribution in [0.3, 0.4) is 0 Å². The van der Waals surface area contributed by atoms with Crippen molar-refractivity contribution in [2.75, 3.05) is 46.0 Å². The summed E-state index contributed by atoms with van der Waals surface area (Å²) in [5.41, 5.74) is 0. The molecule has 1 N–H and O–H groups in total. The van der Waals surface area contributed by atoms with Gasteiger partial charge in [0.1, 0.15) is 6.54 Å². The van der Waals surface area contributed by atoms with E-state index in [-0.39, 0.29) is 12.5 Å². The molecule has 0 aromatic heterocycles. The molecule has 6 heteroatoms. The number of nitrogens with zero attached hydrogens (tertiary/aromatic N) is 3. The van der Waals surface area contributed by atoms with E-state index in [1.165, 1.54) is 11.3 Å². The van der Waals surface area contributed by atoms with E-state index in [9.17, 15) is 4.79 Å². The molecule has 1 aromatic carbocycles. The Morgan fingerprint density at radius 3 is 2.80 bits per heavy atom. The predicted octanol–water partition coefficient (Wildman–Crippen LogP) is 2.54. The minimum absolute atomic E-state index is 0.0335. The van der Waals surface area contributed by atoms with Crippen molar-refractivity contribution < 1.29 is 4.79 Å². The number of likely N-dealkylation sites (tertiary alicyclic amines) is 1. The Hall–Kier alpha value is -1.69. The van der Waals surface area contributed by atoms with Gasteiger partial charge in [-0.15, -0.1) is 11.8 Å². The van der Waals surface area contributed by atoms with Crippen LogP contribution >= 0.6 is 11.8 Å². The molecule has 0 spiro atoms. The fourth-order valence-corrected chi connectivity index (χ4v) is 3.73. The number of thioether (sulfide) groups is 1. The van der Waals surface area contributed by atoms with E-state index < -0.39 is 0 Å². The summed E-state index contributed by atoms with van der Waals surface area (Å²) in [5.74, 6) is 2.69. The standard InChI is InChI=1S/C19H30N4OS/c1-4-11-20-19(21-13-18(24)22(2)3)23-12-10-16(14-23)15-25-17-8-6-5-7-9-17/h5-9,16H,4,10-15H2,1-3H3,(H,20,21). The van der Waals surface area contributed by atoms with E-state index in [0.717, 1.165) is 37.8 Å². The molecule has 1 aliphatic heterocycles. The number of amides is 1. The van der Waals surface area contributed by atoms with Crippen LogP contribution in [0, 0.1) is 5.92 Å². The number of nitrogens with one attached hydrogen (secondary N) is 1. The first-order valence-electron chi connectivity index (χ1n) is 9.01. The van der Waals surface area contributed by atoms with Gasteiger partial charge in [-0.05, 0) is 30.9 Å². The molecule has 138 valence electrons. The van der Waals surface area contributed by atoms with Crippen molar-refractivity contribution in [3.63, 3.8) is 0 Å². The lowest BCUT2D eigenvalue weighted by molar-refractivity contribution is -0.127. The van der Waals surface area contributed by atoms with Gasteiger partial charge in [0.15, 0.2) is 5.96 Å². The second-order valence-electron chi connectivity index (χ2n) is 6.58. The molecule has 2 rings (SSSR count). The Morgan fingerprint density at radius 1 is 1.36 bits per heavy atom. The quantitative estimate of drug-likeness (QED) is 0.460. The zero-order valence-corrected chi connectivity index (χ0v) is 16.4. The smallest absolute Gasteiger partial charge is 0.243 e. The molecule has 1 atom stereocenters. The molecule has 25 heavy (non-hydrogen) atoms. The third-order valence-corrected chi connectivity index (χ3v) is 5.45. The summed E-state index contributed by atoms with van der Waals surface area (Å²) in [6.07, 6.45) is 2.22. The normalized spacial score (nSPS) is 17.6. The van der Waals surface area contributed by atoms with Gasteiger partial charge in [0.2, 0.25) is 5.91 Å². The van der Waals surface area contributed by atoms with Crippen LogP contribution in [0.2, 0.25) is 0 Å². The molecule has 1 aromatic rings. The van der Waals surface area contributed by atoms with Crippen molar-refractivity contribution in [1.29, 1.82) is 0 Å². The predicted molar refractivity (Wildman–Crippen MR) is 106 cm³/mol. The zero-order chi connectivity index (χ0) is 18.1. The van der Waals surface area contributed by atoms with Gasteiger partial charge in [-0.2, -0.15) is 0 Å². The first-order chi connectivity index (χ1) is 12.1. The van der Waals surface area contributed by atoms with Crippen molar-refractivity contribution in [3.05, 3.63) is 30.3 Å². The molecule has 0 aliphatic carbocycles. The lowest BCUT2D eigenvalue weighted by Crippen LogP contribution is -2.41. The fourth-order valence-electron chi connectivity index (χ4n) is 2.68. The van der Waals surface area contributed by atoms with Crippen molar-refractivity contribution in [3.8, 4) is 0 Å². The van der Waals surface area contributed by atoms with Crippen molar-refractivity contribution in [2.45, 2.75) is 24.7 Å². The lowest BCUT2D eigenvalue weighted by atomic mass is 10.2. The van der Waals surface area contributed by atoms with Crippen LogP contribution in [0.4, 0.5) is 0 Å². The van der Waals surface area contributed by atoms with E-state index in [4.69, 9.17) is 0 Å². The largest absolute Gasteiger partial charge is 0.356 e. The number of benzene rings is 1. The average Bonchev–Trinajstić information content (AvgIpc) is 3.09. The van der Waals surface area contributed by atoms with Gasteiger partial charge in [-0.1, -0.05) is 25.1 Å². The Balaban J connectivity index is 1.88. The molecule has 5 nitrogen and oxygen atoms in total. The summed E-state index contributed by atoms with van der Waals surface area (Å²) in [6, 6.07) is 10.6. The third-order valence-electron chi connectivity index (χ3n) is 4.21. The van der Waals surface area contributed by atoms with Crippen molar-refractivity contribution >= 4 is 23.6 Å². The van der Waals surface area contributed by atoms with Crippen LogP contribution in [0.25, 0.3) is 0 Å². The first-order valence-corrected chi connectivity index (χ1v) is 10.00. The molecular weight excluding hydrogens is 332 g/mol. The maximum absolute atomic E-state index is 11.8. The van der Waals surface area contributed by atoms with Crippen molar-refractivity contribution in [2.24, 2.45) is 10.9 Å². The molecule has 1 saturated heterocycles. The summed E-state index contributed by atoms with van der Waals surface area (Å²) in [6.45, 7) is 5.24. The summed E-state index contributed by atoms with van der Waals surface area (Å²) in [7, 11) is 3.54. The molecule has 1 aliphatic rings. The van der Waals surface area contributed by atoms with Crippen LogP contribution in [-0.2, 0) is 4.79 Å². The van der Waals surface area contributed by atoms with E-state index in [1.54, 1.807) is 19.0 Å². The Bertz CT molecular complexity index is 562. The molecule has 1 unspecified atom stereocenters. The number of aliphatic imine (C=N–C) groups is 1. The van der Waals surface area contributed by atoms with E-state index in [1.807, 2.05) is 11.8 Å². The van der Waals surface area contributed by atoms with Crippen molar-refractivity contribution in [1.82, 2.24) is 15.1 Å². The second kappa shape index (κ2) is 10.3. The van der Waals surface area contributed by atoms with Crippen LogP contribution in [0.15, 0.2) is 40.2 Å². The van der Waals surface area contributed by atoms with Crippen LogP contribution < -0.4 is 5.32 Å². The van der Waals surface area contributed by atoms with Gasteiger partial charge >= 0.3 is 0 Å². The van der Waals surface area contributed by atoms with Crippen LogP contribution in [0.1, 0.15) is 19.8 Å². The number of hydrogen-bond donors (Lipinski definition) is 1. The number of guanidine groups is 1. The monoisotopic (exact) mass is 362 g/mol. The first kappa shape index (κ1) is 19.6. The Morgan fingerprint density at radius 2 is 2.12 bits per heavy atom. The molecule has 1 fully saturated rings. The summed E-state index contributed by atoms with van der Waals surface area (Å²) < 4.78 is 0. The highest BCUT2D eigenvalue weighted by Crippen LogP contribution is 2.25. The second-order valence-corrected chi connectivity index (χ2v) is 7.67. The number of rotatable bonds is 7. The van der Waals surface area contributed by atoms with Gasteiger partial charge < -0.3 is 15.1 Å². The SMILES string of the molecule is CCCNC(=NCC(=O)N(C)C)N1CCC(CSc2ccccc2)C1. The van der Waals surface area contributed by atoms with Gasteiger partial charge in [-0.3, -0.25) is 4.79 Å². The van der Waals surface area contributed by atoms with E-state index >= 15 is 0 Å². The number of likely N-dealkylation sites (N-methyl/N-ethyl adjacent to an activating group) is 1. The summed E-state index contributed by atoms with van der Waals surface area (Å²) in [4.78, 5) is 21.6. The number of hydrogen-bond acceptors (Lipinski definition) is 3. The minimum atomic E-state index is 0.0335. The van der Waals surface area contributed by atoms with Crippen LogP contribution in [0.5, 0.6) is 0 Å². The third kappa shape index (κ3) is 6.61. The Labute approximate surface area is 155 Å². The fraction of sp³-hybridized carbons (Fsp3) is 0.579. The van der Waals surface area contributed by atoms with E-state index in [0.29, 0.717) is 5.92 Å². The lowest BCUT2D eigenvalue weighted by Gasteiger charge is -2.22. The topological polar surface area (TPSA) is 47.9 Å². The summed E-state index contributed by atoms with van der Waals surface area (Å²) in [5, 5.41) is 3.40. The maximum atomic E-state index is 11.8. The zero-order valence-electron chi connectivity index (χ0n) is 15.6. The van der Waals surface area contributed by atoms with Gasteiger partial charge in [0, 0.05) is 44.4 Å². The molecule has 1 amide bonds. The molecule has 0 saturated carbocycles. The van der Waals surface area contributed by atoms with Gasteiger partial charge in [0.05, 0.1) is 0 Å². The van der Waals surface area contributed by atoms with Gasteiger partial charge in [-0.25, -0.2) is 4.99 Å². The average molecular weight is 363 g/mol. The highest BCUT2D eigenvalue weighted by molar-refractivity contribution is 7.99. The van der Waals surface area contributed by atoms with Gasteiger partial charge in [0.25, 0.3) is 0 Å². The molecule has 0 radical (unpaired) electrons. The summed E-state index contributed by atoms with van der Waals surface area (Å²) >= 11 is 1.92. The Kier molecular flexibility index (Phi) is 8.12. The molecular formula is C19H30N4OS. The molecule has 0 bridgehead atoms. The molecule has 1 heterocycles. The van der Waals surface area contributed by atoms with E-state index in [2.05, 4.69) is 52.5 Å².